The van der Waals surface area contributed by atoms with Crippen LogP contribution in [0.3, 0.4) is 0 Å². The fourth-order valence-electron chi connectivity index (χ4n) is 2.42. The lowest BCUT2D eigenvalue weighted by Crippen LogP contribution is -2.34. The zero-order chi connectivity index (χ0) is 17.2. The first-order valence-corrected chi connectivity index (χ1v) is 8.57. The summed E-state index contributed by atoms with van der Waals surface area (Å²) in [6, 6.07) is 13.6. The summed E-state index contributed by atoms with van der Waals surface area (Å²) in [7, 11) is 0. The highest BCUT2D eigenvalue weighted by Crippen LogP contribution is 2.31. The Labute approximate surface area is 144 Å². The van der Waals surface area contributed by atoms with Gasteiger partial charge in [-0.05, 0) is 44.2 Å². The summed E-state index contributed by atoms with van der Waals surface area (Å²) < 4.78 is 12.9. The number of thioether (sulfide) groups is 1. The highest BCUT2D eigenvalue weighted by molar-refractivity contribution is 8.15. The lowest BCUT2D eigenvalue weighted by atomic mass is 10.1. The number of benzene rings is 2. The van der Waals surface area contributed by atoms with E-state index in [0.717, 1.165) is 16.3 Å². The van der Waals surface area contributed by atoms with Crippen molar-refractivity contribution in [2.45, 2.75) is 19.5 Å². The second-order valence-corrected chi connectivity index (χ2v) is 6.95. The van der Waals surface area contributed by atoms with Gasteiger partial charge in [-0.2, -0.15) is 0 Å². The molecule has 0 fully saturated rings. The number of rotatable bonds is 3. The maximum atomic E-state index is 12.9. The Balaban J connectivity index is 1.68. The van der Waals surface area contributed by atoms with Crippen molar-refractivity contribution >= 4 is 34.1 Å². The van der Waals surface area contributed by atoms with Crippen LogP contribution in [0, 0.1) is 5.82 Å². The lowest BCUT2D eigenvalue weighted by molar-refractivity contribution is -0.113. The van der Waals surface area contributed by atoms with E-state index in [-0.39, 0.29) is 17.5 Å². The molecule has 0 atom stereocenters. The van der Waals surface area contributed by atoms with Crippen LogP contribution in [0.2, 0.25) is 0 Å². The molecule has 1 aliphatic rings. The van der Waals surface area contributed by atoms with Crippen molar-refractivity contribution in [1.82, 2.24) is 0 Å². The summed E-state index contributed by atoms with van der Waals surface area (Å²) in [5, 5.41) is 6.96. The number of aliphatic imine (C=N–C) groups is 1. The predicted octanol–water partition coefficient (Wildman–Crippen LogP) is 4.11. The van der Waals surface area contributed by atoms with Crippen LogP contribution in [0.5, 0.6) is 0 Å². The van der Waals surface area contributed by atoms with Crippen molar-refractivity contribution in [3.05, 3.63) is 59.9 Å². The quantitative estimate of drug-likeness (QED) is 0.882. The maximum Gasteiger partial charge on any atom is 0.234 e. The highest BCUT2D eigenvalue weighted by Gasteiger charge is 2.25. The fraction of sp³-hybridized carbons (Fsp3) is 0.222. The minimum atomic E-state index is -0.413. The average molecular weight is 343 g/mol. The zero-order valence-electron chi connectivity index (χ0n) is 13.5. The normalized spacial score (nSPS) is 15.0. The molecule has 0 aliphatic carbocycles. The molecule has 1 heterocycles. The van der Waals surface area contributed by atoms with Gasteiger partial charge in [-0.3, -0.25) is 9.79 Å². The SMILES string of the molecule is CC1(C)N=C(SCC(=O)Nc2ccc(F)cc2)c2ccccc2N1. The molecule has 1 amide bonds. The van der Waals surface area contributed by atoms with E-state index in [2.05, 4.69) is 15.6 Å². The zero-order valence-corrected chi connectivity index (χ0v) is 14.3. The molecule has 2 aromatic carbocycles. The van der Waals surface area contributed by atoms with Crippen LogP contribution in [-0.2, 0) is 4.79 Å². The van der Waals surface area contributed by atoms with Gasteiger partial charge < -0.3 is 10.6 Å². The molecule has 124 valence electrons. The molecule has 24 heavy (non-hydrogen) atoms. The van der Waals surface area contributed by atoms with Crippen molar-refractivity contribution in [2.75, 3.05) is 16.4 Å². The summed E-state index contributed by atoms with van der Waals surface area (Å²) in [6.45, 7) is 3.98. The topological polar surface area (TPSA) is 53.5 Å². The number of anilines is 2. The van der Waals surface area contributed by atoms with Crippen molar-refractivity contribution < 1.29 is 9.18 Å². The number of nitrogens with one attached hydrogen (secondary N) is 2. The Hall–Kier alpha value is -2.34. The third-order valence-electron chi connectivity index (χ3n) is 3.45. The molecule has 2 aromatic rings. The van der Waals surface area contributed by atoms with Gasteiger partial charge in [0.1, 0.15) is 16.5 Å². The average Bonchev–Trinajstić information content (AvgIpc) is 2.54. The first-order valence-electron chi connectivity index (χ1n) is 7.59. The van der Waals surface area contributed by atoms with Gasteiger partial charge in [-0.1, -0.05) is 30.0 Å². The Bertz CT molecular complexity index is 787. The first kappa shape index (κ1) is 16.5. The van der Waals surface area contributed by atoms with Crippen molar-refractivity contribution in [3.8, 4) is 0 Å². The van der Waals surface area contributed by atoms with E-state index < -0.39 is 5.66 Å². The van der Waals surface area contributed by atoms with Gasteiger partial charge in [0.05, 0.1) is 5.75 Å². The maximum absolute atomic E-state index is 12.9. The standard InChI is InChI=1S/C18H18FN3OS/c1-18(2)21-15-6-4-3-5-14(15)17(22-18)24-11-16(23)20-13-9-7-12(19)8-10-13/h3-10,21H,11H2,1-2H3,(H,20,23). The minimum Gasteiger partial charge on any atom is -0.361 e. The predicted molar refractivity (Wildman–Crippen MR) is 98.2 cm³/mol. The number of carbonyl (C=O) groups excluding carboxylic acids is 1. The molecule has 4 nitrogen and oxygen atoms in total. The summed E-state index contributed by atoms with van der Waals surface area (Å²) in [6.07, 6.45) is 0. The van der Waals surface area contributed by atoms with Gasteiger partial charge in [0, 0.05) is 16.9 Å². The third-order valence-corrected chi connectivity index (χ3v) is 4.44. The lowest BCUT2D eigenvalue weighted by Gasteiger charge is -2.30. The molecule has 2 N–H and O–H groups in total. The van der Waals surface area contributed by atoms with E-state index in [1.807, 2.05) is 38.1 Å². The minimum absolute atomic E-state index is 0.150. The number of fused-ring (bicyclic) bond motifs is 1. The summed E-state index contributed by atoms with van der Waals surface area (Å²) in [4.78, 5) is 16.8. The molecule has 0 saturated carbocycles. The van der Waals surface area contributed by atoms with Gasteiger partial charge in [0.15, 0.2) is 0 Å². The molecule has 6 heteroatoms. The number of amides is 1. The van der Waals surface area contributed by atoms with Crippen molar-refractivity contribution in [3.63, 3.8) is 0 Å². The molecule has 1 aliphatic heterocycles. The number of carbonyl (C=O) groups is 1. The number of nitrogens with zero attached hydrogens (tertiary/aromatic N) is 1. The van der Waals surface area contributed by atoms with Crippen molar-refractivity contribution in [1.29, 1.82) is 0 Å². The van der Waals surface area contributed by atoms with Gasteiger partial charge in [0.2, 0.25) is 5.91 Å². The summed E-state index contributed by atoms with van der Waals surface area (Å²) in [5.74, 6) is -0.242. The van der Waals surface area contributed by atoms with Crippen LogP contribution >= 0.6 is 11.8 Å². The van der Waals surface area contributed by atoms with Crippen molar-refractivity contribution in [2.24, 2.45) is 4.99 Å². The number of hydrogen-bond acceptors (Lipinski definition) is 4. The molecule has 0 aromatic heterocycles. The molecular formula is C18H18FN3OS. The number of hydrogen-bond donors (Lipinski definition) is 2. The molecule has 0 spiro atoms. The van der Waals surface area contributed by atoms with Gasteiger partial charge in [-0.15, -0.1) is 0 Å². The summed E-state index contributed by atoms with van der Waals surface area (Å²) in [5.41, 5.74) is 2.18. The third kappa shape index (κ3) is 3.94. The van der Waals surface area contributed by atoms with Crippen LogP contribution in [0.15, 0.2) is 53.5 Å². The van der Waals surface area contributed by atoms with Crippen LogP contribution < -0.4 is 10.6 Å². The highest BCUT2D eigenvalue weighted by atomic mass is 32.2. The van der Waals surface area contributed by atoms with E-state index in [0.29, 0.717) is 5.69 Å². The molecule has 0 unspecified atom stereocenters. The second kappa shape index (κ2) is 6.65. The molecular weight excluding hydrogens is 325 g/mol. The van der Waals surface area contributed by atoms with E-state index >= 15 is 0 Å². The molecule has 0 radical (unpaired) electrons. The van der Waals surface area contributed by atoms with Gasteiger partial charge in [-0.25, -0.2) is 4.39 Å². The van der Waals surface area contributed by atoms with Gasteiger partial charge in [0.25, 0.3) is 0 Å². The van der Waals surface area contributed by atoms with E-state index in [4.69, 9.17) is 0 Å². The van der Waals surface area contributed by atoms with E-state index in [1.54, 1.807) is 12.1 Å². The Morgan fingerprint density at radius 1 is 1.21 bits per heavy atom. The van der Waals surface area contributed by atoms with Crippen LogP contribution in [0.1, 0.15) is 19.4 Å². The van der Waals surface area contributed by atoms with Gasteiger partial charge >= 0.3 is 0 Å². The summed E-state index contributed by atoms with van der Waals surface area (Å²) >= 11 is 1.40. The van der Waals surface area contributed by atoms with E-state index in [9.17, 15) is 9.18 Å². The number of para-hydroxylation sites is 1. The smallest absolute Gasteiger partial charge is 0.234 e. The number of halogens is 1. The van der Waals surface area contributed by atoms with E-state index in [1.165, 1.54) is 23.9 Å². The molecule has 0 saturated heterocycles. The fourth-order valence-corrected chi connectivity index (χ4v) is 3.39. The van der Waals surface area contributed by atoms with Crippen LogP contribution in [-0.4, -0.2) is 22.4 Å². The van der Waals surface area contributed by atoms with Crippen LogP contribution in [0.4, 0.5) is 15.8 Å². The Morgan fingerprint density at radius 2 is 1.92 bits per heavy atom. The first-order chi connectivity index (χ1) is 11.4. The second-order valence-electron chi connectivity index (χ2n) is 5.99. The Morgan fingerprint density at radius 3 is 2.67 bits per heavy atom. The monoisotopic (exact) mass is 343 g/mol. The molecule has 0 bridgehead atoms. The molecule has 3 rings (SSSR count). The van der Waals surface area contributed by atoms with Crippen LogP contribution in [0.25, 0.3) is 0 Å². The largest absolute Gasteiger partial charge is 0.361 e. The Kier molecular flexibility index (Phi) is 4.57.